The molecule has 0 aromatic carbocycles. The van der Waals surface area contributed by atoms with E-state index in [9.17, 15) is 4.79 Å². The first-order chi connectivity index (χ1) is 7.65. The summed E-state index contributed by atoms with van der Waals surface area (Å²) >= 11 is 0. The second-order valence-corrected chi connectivity index (χ2v) is 4.24. The molecule has 0 N–H and O–H groups in total. The molecule has 2 aliphatic rings. The van der Waals surface area contributed by atoms with Crippen LogP contribution in [0.25, 0.3) is 0 Å². The van der Waals surface area contributed by atoms with Gasteiger partial charge in [0, 0.05) is 19.0 Å². The van der Waals surface area contributed by atoms with Crippen LogP contribution in [0.1, 0.15) is 20.3 Å². The van der Waals surface area contributed by atoms with E-state index in [1.165, 1.54) is 0 Å². The van der Waals surface area contributed by atoms with E-state index in [0.717, 1.165) is 0 Å². The number of carbonyl (C=O) groups excluding carboxylic acids is 1. The Morgan fingerprint density at radius 1 is 1.56 bits per heavy atom. The molecule has 16 heavy (non-hydrogen) atoms. The Hall–Kier alpha value is -1.65. The maximum atomic E-state index is 11.2. The van der Waals surface area contributed by atoms with Crippen molar-refractivity contribution in [2.45, 2.75) is 20.3 Å². The van der Waals surface area contributed by atoms with Crippen molar-refractivity contribution in [2.24, 2.45) is 15.9 Å². The van der Waals surface area contributed by atoms with E-state index in [4.69, 9.17) is 4.74 Å². The van der Waals surface area contributed by atoms with Gasteiger partial charge in [0.25, 0.3) is 0 Å². The molecule has 0 aromatic rings. The lowest BCUT2D eigenvalue weighted by Crippen LogP contribution is -2.37. The number of nitrogens with zero attached hydrogens (tertiary/aromatic N) is 3. The quantitative estimate of drug-likeness (QED) is 0.719. The Balaban J connectivity index is 2.07. The third kappa shape index (κ3) is 2.48. The van der Waals surface area contributed by atoms with Crippen molar-refractivity contribution in [2.75, 3.05) is 13.2 Å². The first-order valence-corrected chi connectivity index (χ1v) is 5.42. The van der Waals surface area contributed by atoms with Crippen molar-refractivity contribution < 1.29 is 9.53 Å². The van der Waals surface area contributed by atoms with Crippen LogP contribution in [-0.2, 0) is 9.53 Å². The van der Waals surface area contributed by atoms with E-state index < -0.39 is 0 Å². The Labute approximate surface area is 94.5 Å². The predicted molar refractivity (Wildman–Crippen MR) is 61.1 cm³/mol. The second kappa shape index (κ2) is 4.47. The van der Waals surface area contributed by atoms with E-state index >= 15 is 0 Å². The molecule has 5 nitrogen and oxygen atoms in total. The third-order valence-electron chi connectivity index (χ3n) is 2.24. The molecule has 0 aliphatic carbocycles. The SMILES string of the molecule is CC(C)COC1=CC2=NC(=O)CCN2C=N1. The normalized spacial score (nSPS) is 19.4. The monoisotopic (exact) mass is 221 g/mol. The highest BCUT2D eigenvalue weighted by atomic mass is 16.5. The van der Waals surface area contributed by atoms with Crippen LogP contribution in [0.4, 0.5) is 0 Å². The Bertz CT molecular complexity index is 383. The summed E-state index contributed by atoms with van der Waals surface area (Å²) in [7, 11) is 0. The fourth-order valence-electron chi connectivity index (χ4n) is 1.42. The zero-order valence-electron chi connectivity index (χ0n) is 9.51. The van der Waals surface area contributed by atoms with E-state index in [2.05, 4.69) is 23.8 Å². The number of amidine groups is 1. The molecule has 0 spiro atoms. The number of carbonyl (C=O) groups is 1. The number of aliphatic imine (C=N–C) groups is 2. The minimum absolute atomic E-state index is 0.0824. The number of ether oxygens (including phenoxy) is 1. The van der Waals surface area contributed by atoms with Gasteiger partial charge in [-0.3, -0.25) is 4.79 Å². The number of rotatable bonds is 3. The molecule has 0 radical (unpaired) electrons. The lowest BCUT2D eigenvalue weighted by molar-refractivity contribution is -0.118. The number of amides is 1. The highest BCUT2D eigenvalue weighted by Crippen LogP contribution is 2.13. The highest BCUT2D eigenvalue weighted by molar-refractivity contribution is 6.08. The molecule has 5 heteroatoms. The number of fused-ring (bicyclic) bond motifs is 1. The topological polar surface area (TPSA) is 54.3 Å². The van der Waals surface area contributed by atoms with Crippen LogP contribution >= 0.6 is 0 Å². The summed E-state index contributed by atoms with van der Waals surface area (Å²) in [4.78, 5) is 21.1. The third-order valence-corrected chi connectivity index (χ3v) is 2.24. The Kier molecular flexibility index (Phi) is 3.03. The van der Waals surface area contributed by atoms with Crippen molar-refractivity contribution >= 4 is 18.1 Å². The van der Waals surface area contributed by atoms with Gasteiger partial charge in [-0.2, -0.15) is 4.99 Å². The lowest BCUT2D eigenvalue weighted by atomic mass is 10.2. The molecule has 0 saturated carbocycles. The fraction of sp³-hybridized carbons (Fsp3) is 0.545. The molecular weight excluding hydrogens is 206 g/mol. The molecule has 0 atom stereocenters. The van der Waals surface area contributed by atoms with Crippen LogP contribution in [0.3, 0.4) is 0 Å². The Morgan fingerprint density at radius 2 is 2.38 bits per heavy atom. The highest BCUT2D eigenvalue weighted by Gasteiger charge is 2.20. The summed E-state index contributed by atoms with van der Waals surface area (Å²) in [6.07, 6.45) is 3.83. The van der Waals surface area contributed by atoms with Gasteiger partial charge in [-0.15, -0.1) is 0 Å². The predicted octanol–water partition coefficient (Wildman–Crippen LogP) is 1.17. The smallest absolute Gasteiger partial charge is 0.249 e. The lowest BCUT2D eigenvalue weighted by Gasteiger charge is -2.25. The summed E-state index contributed by atoms with van der Waals surface area (Å²) in [6, 6.07) is 0. The van der Waals surface area contributed by atoms with Crippen molar-refractivity contribution in [3.63, 3.8) is 0 Å². The molecule has 1 amide bonds. The standard InChI is InChI=1S/C11H15N3O2/c1-8(2)6-16-11-5-9-13-10(15)3-4-14(9)7-12-11/h5,7-8H,3-4,6H2,1-2H3. The zero-order chi connectivity index (χ0) is 11.5. The molecule has 0 saturated heterocycles. The average molecular weight is 221 g/mol. The van der Waals surface area contributed by atoms with Gasteiger partial charge in [-0.05, 0) is 5.92 Å². The minimum Gasteiger partial charge on any atom is -0.477 e. The van der Waals surface area contributed by atoms with Gasteiger partial charge in [-0.25, -0.2) is 4.99 Å². The van der Waals surface area contributed by atoms with Crippen LogP contribution < -0.4 is 0 Å². The molecule has 0 fully saturated rings. The maximum Gasteiger partial charge on any atom is 0.249 e. The van der Waals surface area contributed by atoms with Crippen molar-refractivity contribution in [1.82, 2.24) is 4.90 Å². The molecule has 86 valence electrons. The van der Waals surface area contributed by atoms with Crippen molar-refractivity contribution in [1.29, 1.82) is 0 Å². The molecule has 2 aliphatic heterocycles. The van der Waals surface area contributed by atoms with E-state index in [0.29, 0.717) is 37.2 Å². The molecular formula is C11H15N3O2. The van der Waals surface area contributed by atoms with E-state index in [1.807, 2.05) is 4.90 Å². The van der Waals surface area contributed by atoms with Crippen molar-refractivity contribution in [3.05, 3.63) is 12.0 Å². The number of hydrogen-bond acceptors (Lipinski definition) is 4. The van der Waals surface area contributed by atoms with Crippen LogP contribution in [0.2, 0.25) is 0 Å². The van der Waals surface area contributed by atoms with Gasteiger partial charge < -0.3 is 9.64 Å². The maximum absolute atomic E-state index is 11.2. The van der Waals surface area contributed by atoms with Crippen LogP contribution in [0, 0.1) is 5.92 Å². The summed E-state index contributed by atoms with van der Waals surface area (Å²) in [5, 5.41) is 0. The van der Waals surface area contributed by atoms with Gasteiger partial charge in [0.15, 0.2) is 0 Å². The first kappa shape index (κ1) is 10.9. The van der Waals surface area contributed by atoms with Gasteiger partial charge >= 0.3 is 0 Å². The summed E-state index contributed by atoms with van der Waals surface area (Å²) in [6.45, 7) is 5.40. The second-order valence-electron chi connectivity index (χ2n) is 4.24. The molecule has 0 bridgehead atoms. The van der Waals surface area contributed by atoms with E-state index in [-0.39, 0.29) is 5.91 Å². The Morgan fingerprint density at radius 3 is 3.12 bits per heavy atom. The van der Waals surface area contributed by atoms with Crippen LogP contribution in [0.15, 0.2) is 21.9 Å². The molecule has 2 rings (SSSR count). The van der Waals surface area contributed by atoms with Gasteiger partial charge in [0.05, 0.1) is 6.61 Å². The number of hydrogen-bond donors (Lipinski definition) is 0. The summed E-state index contributed by atoms with van der Waals surface area (Å²) < 4.78 is 5.47. The molecule has 0 aromatic heterocycles. The zero-order valence-corrected chi connectivity index (χ0v) is 9.51. The largest absolute Gasteiger partial charge is 0.477 e. The average Bonchev–Trinajstić information content (AvgIpc) is 2.25. The van der Waals surface area contributed by atoms with E-state index in [1.54, 1.807) is 12.4 Å². The van der Waals surface area contributed by atoms with Crippen molar-refractivity contribution in [3.8, 4) is 0 Å². The summed E-state index contributed by atoms with van der Waals surface area (Å²) in [5.41, 5.74) is 0. The molecule has 0 unspecified atom stereocenters. The fourth-order valence-corrected chi connectivity index (χ4v) is 1.42. The van der Waals surface area contributed by atoms with Crippen LogP contribution in [-0.4, -0.2) is 36.1 Å². The van der Waals surface area contributed by atoms with Gasteiger partial charge in [-0.1, -0.05) is 13.8 Å². The molecule has 2 heterocycles. The van der Waals surface area contributed by atoms with Crippen LogP contribution in [0.5, 0.6) is 0 Å². The van der Waals surface area contributed by atoms with Gasteiger partial charge in [0.1, 0.15) is 12.2 Å². The summed E-state index contributed by atoms with van der Waals surface area (Å²) in [5.74, 6) is 1.52. The first-order valence-electron chi connectivity index (χ1n) is 5.42. The van der Waals surface area contributed by atoms with Gasteiger partial charge in [0.2, 0.25) is 11.8 Å². The minimum atomic E-state index is -0.0824.